The van der Waals surface area contributed by atoms with Crippen LogP contribution in [0.4, 0.5) is 11.8 Å². The Morgan fingerprint density at radius 1 is 1.20 bits per heavy atom. The first-order valence-electron chi connectivity index (χ1n) is 7.58. The highest BCUT2D eigenvalue weighted by atomic mass is 35.5. The van der Waals surface area contributed by atoms with Crippen molar-refractivity contribution in [3.63, 3.8) is 0 Å². The topological polar surface area (TPSA) is 117 Å². The Balaban J connectivity index is 1.88. The predicted octanol–water partition coefficient (Wildman–Crippen LogP) is 2.63. The highest BCUT2D eigenvalue weighted by molar-refractivity contribution is 7.21. The van der Waals surface area contributed by atoms with Crippen LogP contribution >= 0.6 is 22.9 Å². The van der Waals surface area contributed by atoms with Gasteiger partial charge < -0.3 is 16.2 Å². The van der Waals surface area contributed by atoms with Crippen LogP contribution in [-0.2, 0) is 16.0 Å². The van der Waals surface area contributed by atoms with Crippen LogP contribution in [0.1, 0.15) is 12.1 Å². The lowest BCUT2D eigenvalue weighted by molar-refractivity contribution is -0.140. The van der Waals surface area contributed by atoms with Gasteiger partial charge in [0.2, 0.25) is 5.95 Å². The maximum absolute atomic E-state index is 11.1. The number of nitrogen functional groups attached to an aromatic ring is 2. The molecule has 0 atom stereocenters. The highest BCUT2D eigenvalue weighted by Gasteiger charge is 2.17. The van der Waals surface area contributed by atoms with E-state index in [-0.39, 0.29) is 18.4 Å². The number of carbonyl (C=O) groups excluding carboxylic acids is 1. The summed E-state index contributed by atoms with van der Waals surface area (Å²) in [6.07, 6.45) is 1.09. The lowest BCUT2D eigenvalue weighted by Crippen LogP contribution is -2.10. The number of aryl methyl sites for hydroxylation is 1. The van der Waals surface area contributed by atoms with E-state index in [2.05, 4.69) is 15.0 Å². The summed E-state index contributed by atoms with van der Waals surface area (Å²) < 4.78 is 6.03. The first-order valence-corrected chi connectivity index (χ1v) is 8.93. The fourth-order valence-electron chi connectivity index (χ4n) is 2.40. The van der Waals surface area contributed by atoms with E-state index in [1.807, 2.05) is 24.3 Å². The smallest absolute Gasteiger partial charge is 0.320 e. The molecule has 0 fully saturated rings. The van der Waals surface area contributed by atoms with E-state index in [0.717, 1.165) is 15.2 Å². The first-order chi connectivity index (χ1) is 12.1. The van der Waals surface area contributed by atoms with Crippen LogP contribution in [0, 0.1) is 0 Å². The standard InChI is InChI=1S/C16H16ClN5O2S/c17-8-12(23)24-7-3-5-10-13(14(18)22-16(19)21-10)15-20-9-4-1-2-6-11(9)25-15/h1-2,4,6H,3,5,7-8H2,(H4,18,19,21,22). The molecule has 0 aliphatic rings. The summed E-state index contributed by atoms with van der Waals surface area (Å²) in [6, 6.07) is 7.82. The summed E-state index contributed by atoms with van der Waals surface area (Å²) in [4.78, 5) is 24.1. The van der Waals surface area contributed by atoms with Crippen molar-refractivity contribution >= 4 is 50.9 Å². The van der Waals surface area contributed by atoms with Crippen LogP contribution in [0.5, 0.6) is 0 Å². The lowest BCUT2D eigenvalue weighted by atomic mass is 10.1. The summed E-state index contributed by atoms with van der Waals surface area (Å²) >= 11 is 6.92. The van der Waals surface area contributed by atoms with Crippen LogP contribution in [0.2, 0.25) is 0 Å². The Hall–Kier alpha value is -2.45. The molecule has 3 rings (SSSR count). The van der Waals surface area contributed by atoms with Gasteiger partial charge in [0.15, 0.2) is 0 Å². The number of halogens is 1. The maximum Gasteiger partial charge on any atom is 0.320 e. The monoisotopic (exact) mass is 377 g/mol. The molecule has 130 valence electrons. The zero-order valence-corrected chi connectivity index (χ0v) is 14.8. The molecule has 0 saturated carbocycles. The molecular formula is C16H16ClN5O2S. The second-order valence-electron chi connectivity index (χ2n) is 5.23. The van der Waals surface area contributed by atoms with Gasteiger partial charge in [0.05, 0.1) is 28.1 Å². The van der Waals surface area contributed by atoms with Gasteiger partial charge >= 0.3 is 5.97 Å². The van der Waals surface area contributed by atoms with Crippen molar-refractivity contribution in [2.24, 2.45) is 0 Å². The third-order valence-electron chi connectivity index (χ3n) is 3.47. The molecule has 3 aromatic rings. The van der Waals surface area contributed by atoms with E-state index >= 15 is 0 Å². The fourth-order valence-corrected chi connectivity index (χ4v) is 3.52. The van der Waals surface area contributed by atoms with Gasteiger partial charge in [0.1, 0.15) is 16.7 Å². The minimum atomic E-state index is -0.449. The van der Waals surface area contributed by atoms with Crippen molar-refractivity contribution in [1.29, 1.82) is 0 Å². The number of hydrogen-bond donors (Lipinski definition) is 2. The Labute approximate surface area is 153 Å². The molecule has 0 aliphatic carbocycles. The molecule has 25 heavy (non-hydrogen) atoms. The molecule has 9 heteroatoms. The van der Waals surface area contributed by atoms with Gasteiger partial charge in [-0.2, -0.15) is 4.98 Å². The highest BCUT2D eigenvalue weighted by Crippen LogP contribution is 2.35. The molecule has 1 aromatic carbocycles. The van der Waals surface area contributed by atoms with E-state index in [1.165, 1.54) is 11.3 Å². The van der Waals surface area contributed by atoms with Crippen LogP contribution in [0.25, 0.3) is 20.8 Å². The fraction of sp³-hybridized carbons (Fsp3) is 0.250. The molecule has 7 nitrogen and oxygen atoms in total. The normalized spacial score (nSPS) is 10.9. The zero-order valence-electron chi connectivity index (χ0n) is 13.2. The van der Waals surface area contributed by atoms with Gasteiger partial charge in [-0.25, -0.2) is 9.97 Å². The summed E-state index contributed by atoms with van der Waals surface area (Å²) in [6.45, 7) is 0.245. The van der Waals surface area contributed by atoms with Crippen LogP contribution < -0.4 is 11.5 Å². The maximum atomic E-state index is 11.1. The van der Waals surface area contributed by atoms with Crippen molar-refractivity contribution < 1.29 is 9.53 Å². The van der Waals surface area contributed by atoms with Gasteiger partial charge in [-0.3, -0.25) is 4.79 Å². The van der Waals surface area contributed by atoms with Crippen molar-refractivity contribution in [2.45, 2.75) is 12.8 Å². The third kappa shape index (κ3) is 3.97. The number of nitrogens with zero attached hydrogens (tertiary/aromatic N) is 3. The molecule has 0 aliphatic heterocycles. The third-order valence-corrected chi connectivity index (χ3v) is 4.74. The zero-order chi connectivity index (χ0) is 17.8. The van der Waals surface area contributed by atoms with Crippen molar-refractivity contribution in [3.8, 4) is 10.6 Å². The SMILES string of the molecule is Nc1nc(N)c(-c2nc3ccccc3s2)c(CCCOC(=O)CCl)n1. The van der Waals surface area contributed by atoms with Gasteiger partial charge in [-0.1, -0.05) is 12.1 Å². The van der Waals surface area contributed by atoms with E-state index in [9.17, 15) is 4.79 Å². The predicted molar refractivity (Wildman–Crippen MR) is 99.5 cm³/mol. The number of esters is 1. The number of carbonyl (C=O) groups is 1. The second kappa shape index (κ2) is 7.62. The number of rotatable bonds is 6. The van der Waals surface area contributed by atoms with Gasteiger partial charge in [0.25, 0.3) is 0 Å². The Morgan fingerprint density at radius 3 is 2.76 bits per heavy atom. The van der Waals surface area contributed by atoms with Gasteiger partial charge in [-0.15, -0.1) is 22.9 Å². The molecule has 0 radical (unpaired) electrons. The number of ether oxygens (including phenoxy) is 1. The second-order valence-corrected chi connectivity index (χ2v) is 6.53. The molecule has 0 amide bonds. The largest absolute Gasteiger partial charge is 0.465 e. The van der Waals surface area contributed by atoms with E-state index < -0.39 is 5.97 Å². The average molecular weight is 378 g/mol. The molecular weight excluding hydrogens is 362 g/mol. The average Bonchev–Trinajstić information content (AvgIpc) is 3.01. The van der Waals surface area contributed by atoms with Crippen molar-refractivity contribution in [2.75, 3.05) is 24.0 Å². The summed E-state index contributed by atoms with van der Waals surface area (Å²) in [5.41, 5.74) is 14.1. The molecule has 0 unspecified atom stereocenters. The molecule has 2 aromatic heterocycles. The summed E-state index contributed by atoms with van der Waals surface area (Å²) in [5.74, 6) is -0.214. The minimum absolute atomic E-state index is 0.107. The van der Waals surface area contributed by atoms with E-state index in [0.29, 0.717) is 29.9 Å². The summed E-state index contributed by atoms with van der Waals surface area (Å²) in [5, 5.41) is 0.742. The number of anilines is 2. The lowest BCUT2D eigenvalue weighted by Gasteiger charge is -2.10. The van der Waals surface area contributed by atoms with Gasteiger partial charge in [-0.05, 0) is 25.0 Å². The van der Waals surface area contributed by atoms with Crippen molar-refractivity contribution in [3.05, 3.63) is 30.0 Å². The Bertz CT molecular complexity index is 882. The quantitative estimate of drug-likeness (QED) is 0.385. The van der Waals surface area contributed by atoms with E-state index in [4.69, 9.17) is 27.8 Å². The molecule has 0 spiro atoms. The summed E-state index contributed by atoms with van der Waals surface area (Å²) in [7, 11) is 0. The van der Waals surface area contributed by atoms with Crippen LogP contribution in [0.15, 0.2) is 24.3 Å². The molecule has 0 saturated heterocycles. The number of para-hydroxylation sites is 1. The number of alkyl halides is 1. The Kier molecular flexibility index (Phi) is 5.30. The van der Waals surface area contributed by atoms with Gasteiger partial charge in [0, 0.05) is 0 Å². The van der Waals surface area contributed by atoms with Crippen molar-refractivity contribution in [1.82, 2.24) is 15.0 Å². The number of fused-ring (bicyclic) bond motifs is 1. The number of hydrogen-bond acceptors (Lipinski definition) is 8. The van der Waals surface area contributed by atoms with Crippen LogP contribution in [-0.4, -0.2) is 33.4 Å². The molecule has 4 N–H and O–H groups in total. The molecule has 0 bridgehead atoms. The number of benzene rings is 1. The number of aromatic nitrogens is 3. The minimum Gasteiger partial charge on any atom is -0.465 e. The number of thiazole rings is 1. The van der Waals surface area contributed by atoms with Crippen LogP contribution in [0.3, 0.4) is 0 Å². The number of nitrogens with two attached hydrogens (primary N) is 2. The Morgan fingerprint density at radius 2 is 2.00 bits per heavy atom. The first kappa shape index (κ1) is 17.4. The molecule has 2 heterocycles. The van der Waals surface area contributed by atoms with E-state index in [1.54, 1.807) is 0 Å².